The normalized spacial score (nSPS) is 28.6. The smallest absolute Gasteiger partial charge is 0.191 e. The first kappa shape index (κ1) is 17.7. The van der Waals surface area contributed by atoms with Crippen LogP contribution in [0.5, 0.6) is 0 Å². The van der Waals surface area contributed by atoms with Crippen LogP contribution in [0.25, 0.3) is 0 Å². The highest BCUT2D eigenvalue weighted by atomic mass is 32.1. The van der Waals surface area contributed by atoms with Crippen molar-refractivity contribution in [2.75, 3.05) is 13.2 Å². The van der Waals surface area contributed by atoms with Crippen LogP contribution < -0.4 is 10.6 Å². The Morgan fingerprint density at radius 2 is 2.29 bits per heavy atom. The molecule has 3 atom stereocenters. The minimum absolute atomic E-state index is 0.156. The predicted octanol–water partition coefficient (Wildman–Crippen LogP) is 3.14. The molecule has 2 heterocycles. The largest absolute Gasteiger partial charge is 0.377 e. The summed E-state index contributed by atoms with van der Waals surface area (Å²) in [6.45, 7) is 13.4. The standard InChI is InChI=1S/C18H30N4OS/c1-6-19-17(20-9-12-10-24-16(21-12)11(2)3)22-14-13-7-8-23-15(13)18(14,4)5/h10-11,13-15H,6-9H2,1-5H3,(H2,19,20,22). The quantitative estimate of drug-likeness (QED) is 0.633. The Hall–Kier alpha value is -1.14. The lowest BCUT2D eigenvalue weighted by atomic mass is 9.57. The summed E-state index contributed by atoms with van der Waals surface area (Å²) in [5.74, 6) is 1.98. The van der Waals surface area contributed by atoms with Crippen LogP contribution in [0.1, 0.15) is 57.7 Å². The van der Waals surface area contributed by atoms with Crippen LogP contribution in [0.3, 0.4) is 0 Å². The Bertz CT molecular complexity index is 596. The molecular formula is C18H30N4OS. The fraction of sp³-hybridized carbons (Fsp3) is 0.778. The Morgan fingerprint density at radius 1 is 1.50 bits per heavy atom. The molecule has 0 spiro atoms. The number of ether oxygens (including phenoxy) is 1. The minimum Gasteiger partial charge on any atom is -0.377 e. The van der Waals surface area contributed by atoms with Crippen molar-refractivity contribution in [1.29, 1.82) is 0 Å². The van der Waals surface area contributed by atoms with Crippen molar-refractivity contribution in [1.82, 2.24) is 15.6 Å². The maximum Gasteiger partial charge on any atom is 0.191 e. The molecule has 134 valence electrons. The van der Waals surface area contributed by atoms with Gasteiger partial charge in [-0.25, -0.2) is 9.98 Å². The average Bonchev–Trinajstić information content (AvgIpc) is 3.17. The Balaban J connectivity index is 1.65. The van der Waals surface area contributed by atoms with Crippen molar-refractivity contribution in [3.63, 3.8) is 0 Å². The summed E-state index contributed by atoms with van der Waals surface area (Å²) >= 11 is 1.73. The van der Waals surface area contributed by atoms with Gasteiger partial charge in [0.25, 0.3) is 0 Å². The Morgan fingerprint density at radius 3 is 2.96 bits per heavy atom. The molecule has 1 aromatic heterocycles. The van der Waals surface area contributed by atoms with Crippen LogP contribution in [0.15, 0.2) is 10.4 Å². The monoisotopic (exact) mass is 350 g/mol. The van der Waals surface area contributed by atoms with Gasteiger partial charge in [0.1, 0.15) is 0 Å². The third kappa shape index (κ3) is 3.31. The fourth-order valence-electron chi connectivity index (χ4n) is 3.91. The first-order chi connectivity index (χ1) is 11.4. The number of nitrogens with zero attached hydrogens (tertiary/aromatic N) is 2. The molecule has 1 saturated heterocycles. The van der Waals surface area contributed by atoms with Crippen LogP contribution in [0.4, 0.5) is 0 Å². The van der Waals surface area contributed by atoms with Gasteiger partial charge in [-0.15, -0.1) is 11.3 Å². The zero-order valence-electron chi connectivity index (χ0n) is 15.4. The van der Waals surface area contributed by atoms with Crippen LogP contribution in [0.2, 0.25) is 0 Å². The van der Waals surface area contributed by atoms with E-state index in [9.17, 15) is 0 Å². The van der Waals surface area contributed by atoms with E-state index < -0.39 is 0 Å². The van der Waals surface area contributed by atoms with E-state index >= 15 is 0 Å². The van der Waals surface area contributed by atoms with E-state index in [4.69, 9.17) is 9.73 Å². The molecule has 0 bridgehead atoms. The first-order valence-corrected chi connectivity index (χ1v) is 9.92. The topological polar surface area (TPSA) is 58.5 Å². The van der Waals surface area contributed by atoms with Gasteiger partial charge in [-0.3, -0.25) is 0 Å². The molecule has 2 fully saturated rings. The molecule has 2 aliphatic rings. The highest BCUT2D eigenvalue weighted by Gasteiger charge is 2.59. The second-order valence-electron chi connectivity index (χ2n) is 7.71. The van der Waals surface area contributed by atoms with Crippen LogP contribution >= 0.6 is 11.3 Å². The second kappa shape index (κ2) is 7.00. The molecule has 1 saturated carbocycles. The number of aliphatic imine (C=N–C) groups is 1. The number of hydrogen-bond acceptors (Lipinski definition) is 4. The maximum atomic E-state index is 5.88. The van der Waals surface area contributed by atoms with Gasteiger partial charge in [-0.2, -0.15) is 0 Å². The molecule has 3 unspecified atom stereocenters. The van der Waals surface area contributed by atoms with E-state index in [0.29, 0.717) is 30.5 Å². The van der Waals surface area contributed by atoms with E-state index in [2.05, 4.69) is 55.6 Å². The van der Waals surface area contributed by atoms with Gasteiger partial charge in [-0.05, 0) is 13.3 Å². The summed E-state index contributed by atoms with van der Waals surface area (Å²) < 4.78 is 5.88. The molecule has 3 rings (SSSR count). The lowest BCUT2D eigenvalue weighted by Crippen LogP contribution is -2.67. The van der Waals surface area contributed by atoms with Crippen molar-refractivity contribution in [2.24, 2.45) is 16.3 Å². The molecule has 6 heteroatoms. The van der Waals surface area contributed by atoms with Crippen LogP contribution in [0, 0.1) is 11.3 Å². The molecule has 24 heavy (non-hydrogen) atoms. The SMILES string of the molecule is CCNC(=NCc1csc(C(C)C)n1)NC1C2CCOC2C1(C)C. The molecule has 0 amide bonds. The van der Waals surface area contributed by atoms with Crippen molar-refractivity contribution in [2.45, 2.75) is 65.6 Å². The van der Waals surface area contributed by atoms with Crippen molar-refractivity contribution < 1.29 is 4.74 Å². The molecule has 2 N–H and O–H groups in total. The van der Waals surface area contributed by atoms with E-state index in [1.165, 1.54) is 5.01 Å². The Labute approximate surface area is 149 Å². The van der Waals surface area contributed by atoms with E-state index in [0.717, 1.165) is 31.2 Å². The van der Waals surface area contributed by atoms with Gasteiger partial charge in [0.05, 0.1) is 23.4 Å². The molecule has 1 aromatic rings. The van der Waals surface area contributed by atoms with Gasteiger partial charge in [0.2, 0.25) is 0 Å². The highest BCUT2D eigenvalue weighted by Crippen LogP contribution is 2.52. The van der Waals surface area contributed by atoms with E-state index in [1.807, 2.05) is 0 Å². The third-order valence-electron chi connectivity index (χ3n) is 5.20. The van der Waals surface area contributed by atoms with Gasteiger partial charge < -0.3 is 15.4 Å². The van der Waals surface area contributed by atoms with E-state index in [-0.39, 0.29) is 5.41 Å². The first-order valence-electron chi connectivity index (χ1n) is 9.04. The number of rotatable bonds is 5. The summed E-state index contributed by atoms with van der Waals surface area (Å²) in [5.41, 5.74) is 1.21. The summed E-state index contributed by atoms with van der Waals surface area (Å²) in [7, 11) is 0. The number of nitrogens with one attached hydrogen (secondary N) is 2. The van der Waals surface area contributed by atoms with Gasteiger partial charge in [0, 0.05) is 41.8 Å². The summed E-state index contributed by atoms with van der Waals surface area (Å²) in [6.07, 6.45) is 1.54. The van der Waals surface area contributed by atoms with Gasteiger partial charge in [0.15, 0.2) is 5.96 Å². The molecule has 0 aromatic carbocycles. The van der Waals surface area contributed by atoms with Crippen molar-refractivity contribution >= 4 is 17.3 Å². The Kier molecular flexibility index (Phi) is 5.16. The maximum absolute atomic E-state index is 5.88. The van der Waals surface area contributed by atoms with Crippen molar-refractivity contribution in [3.05, 3.63) is 16.1 Å². The third-order valence-corrected chi connectivity index (χ3v) is 6.39. The lowest BCUT2D eigenvalue weighted by molar-refractivity contribution is -0.106. The fourth-order valence-corrected chi connectivity index (χ4v) is 4.73. The number of aromatic nitrogens is 1. The zero-order chi connectivity index (χ0) is 17.3. The molecule has 5 nitrogen and oxygen atoms in total. The predicted molar refractivity (Wildman–Crippen MR) is 99.6 cm³/mol. The van der Waals surface area contributed by atoms with Crippen molar-refractivity contribution in [3.8, 4) is 0 Å². The summed E-state index contributed by atoms with van der Waals surface area (Å²) in [6, 6.07) is 0.421. The summed E-state index contributed by atoms with van der Waals surface area (Å²) in [5, 5.41) is 10.3. The summed E-state index contributed by atoms with van der Waals surface area (Å²) in [4.78, 5) is 9.43. The van der Waals surface area contributed by atoms with Gasteiger partial charge in [-0.1, -0.05) is 27.7 Å². The number of hydrogen-bond donors (Lipinski definition) is 2. The zero-order valence-corrected chi connectivity index (χ0v) is 16.2. The highest BCUT2D eigenvalue weighted by molar-refractivity contribution is 7.09. The van der Waals surface area contributed by atoms with E-state index in [1.54, 1.807) is 11.3 Å². The molecule has 1 aliphatic carbocycles. The number of thiazole rings is 1. The number of guanidine groups is 1. The molecule has 1 aliphatic heterocycles. The lowest BCUT2D eigenvalue weighted by Gasteiger charge is -2.54. The average molecular weight is 351 g/mol. The van der Waals surface area contributed by atoms with Crippen LogP contribution in [-0.2, 0) is 11.3 Å². The van der Waals surface area contributed by atoms with Gasteiger partial charge >= 0.3 is 0 Å². The second-order valence-corrected chi connectivity index (χ2v) is 8.60. The molecular weight excluding hydrogens is 320 g/mol. The molecule has 0 radical (unpaired) electrons. The number of fused-ring (bicyclic) bond motifs is 1. The minimum atomic E-state index is 0.156. The van der Waals surface area contributed by atoms with Crippen LogP contribution in [-0.4, -0.2) is 36.2 Å².